The molecule has 0 N–H and O–H groups in total. The standard InChI is InChI=1S/C14H17N3/c1-3-11(4-2)14-16-12-7-5-6-8-13(12)17(14)10-9-15/h5-8,11H,3-4,10H2,1-2H3. The van der Waals surface area contributed by atoms with E-state index in [0.29, 0.717) is 12.5 Å². The summed E-state index contributed by atoms with van der Waals surface area (Å²) in [4.78, 5) is 4.69. The van der Waals surface area contributed by atoms with Gasteiger partial charge in [0, 0.05) is 5.92 Å². The van der Waals surface area contributed by atoms with Gasteiger partial charge in [-0.05, 0) is 25.0 Å². The summed E-state index contributed by atoms with van der Waals surface area (Å²) in [6.07, 6.45) is 2.12. The van der Waals surface area contributed by atoms with E-state index in [9.17, 15) is 0 Å². The Balaban J connectivity index is 2.61. The van der Waals surface area contributed by atoms with E-state index in [1.54, 1.807) is 0 Å². The minimum Gasteiger partial charge on any atom is -0.314 e. The molecule has 2 aromatic rings. The predicted octanol–water partition coefficient (Wildman–Crippen LogP) is 3.46. The van der Waals surface area contributed by atoms with Crippen LogP contribution in [0.1, 0.15) is 38.4 Å². The molecule has 0 saturated heterocycles. The van der Waals surface area contributed by atoms with Crippen molar-refractivity contribution < 1.29 is 0 Å². The summed E-state index contributed by atoms with van der Waals surface area (Å²) in [7, 11) is 0. The van der Waals surface area contributed by atoms with Crippen molar-refractivity contribution in [1.29, 1.82) is 5.26 Å². The molecule has 0 aliphatic heterocycles. The van der Waals surface area contributed by atoms with Crippen molar-refractivity contribution in [3.8, 4) is 6.07 Å². The fraction of sp³-hybridized carbons (Fsp3) is 0.429. The van der Waals surface area contributed by atoms with Crippen LogP contribution in [-0.4, -0.2) is 9.55 Å². The Morgan fingerprint density at radius 3 is 2.65 bits per heavy atom. The molecule has 2 rings (SSSR count). The van der Waals surface area contributed by atoms with Crippen molar-refractivity contribution in [3.05, 3.63) is 30.1 Å². The molecule has 1 aromatic carbocycles. The first-order valence-electron chi connectivity index (χ1n) is 6.13. The molecule has 17 heavy (non-hydrogen) atoms. The average molecular weight is 227 g/mol. The highest BCUT2D eigenvalue weighted by Crippen LogP contribution is 2.26. The van der Waals surface area contributed by atoms with Crippen molar-refractivity contribution >= 4 is 11.0 Å². The lowest BCUT2D eigenvalue weighted by molar-refractivity contribution is 0.574. The van der Waals surface area contributed by atoms with Crippen LogP contribution in [0.3, 0.4) is 0 Å². The first-order chi connectivity index (χ1) is 8.31. The van der Waals surface area contributed by atoms with E-state index in [4.69, 9.17) is 5.26 Å². The van der Waals surface area contributed by atoms with Gasteiger partial charge in [-0.1, -0.05) is 26.0 Å². The number of aromatic nitrogens is 2. The highest BCUT2D eigenvalue weighted by Gasteiger charge is 2.16. The SMILES string of the molecule is CCC(CC)c1nc2ccccc2n1CC#N. The Hall–Kier alpha value is -1.82. The van der Waals surface area contributed by atoms with Crippen LogP contribution in [0.15, 0.2) is 24.3 Å². The zero-order valence-electron chi connectivity index (χ0n) is 10.3. The minimum atomic E-state index is 0.381. The molecule has 0 atom stereocenters. The van der Waals surface area contributed by atoms with Crippen LogP contribution in [0.5, 0.6) is 0 Å². The fourth-order valence-electron chi connectivity index (χ4n) is 2.30. The Morgan fingerprint density at radius 1 is 1.29 bits per heavy atom. The van der Waals surface area contributed by atoms with Crippen LogP contribution in [0.25, 0.3) is 11.0 Å². The molecular weight excluding hydrogens is 210 g/mol. The maximum absolute atomic E-state index is 8.95. The summed E-state index contributed by atoms with van der Waals surface area (Å²) in [5.41, 5.74) is 2.06. The molecule has 0 fully saturated rings. The van der Waals surface area contributed by atoms with Crippen molar-refractivity contribution in [2.75, 3.05) is 0 Å². The highest BCUT2D eigenvalue weighted by atomic mass is 15.1. The number of rotatable bonds is 4. The quantitative estimate of drug-likeness (QED) is 0.802. The number of benzene rings is 1. The van der Waals surface area contributed by atoms with Gasteiger partial charge < -0.3 is 4.57 Å². The number of hydrogen-bond donors (Lipinski definition) is 0. The molecule has 1 heterocycles. The second-order valence-electron chi connectivity index (χ2n) is 4.22. The topological polar surface area (TPSA) is 41.6 Å². The third-order valence-electron chi connectivity index (χ3n) is 3.26. The smallest absolute Gasteiger partial charge is 0.113 e. The summed E-state index contributed by atoms with van der Waals surface area (Å²) >= 11 is 0. The number of hydrogen-bond acceptors (Lipinski definition) is 2. The Labute approximate surface area is 102 Å². The molecule has 3 nitrogen and oxygen atoms in total. The molecule has 0 amide bonds. The van der Waals surface area contributed by atoms with Gasteiger partial charge in [0.2, 0.25) is 0 Å². The average Bonchev–Trinajstić information content (AvgIpc) is 2.71. The summed E-state index contributed by atoms with van der Waals surface area (Å²) in [6.45, 7) is 4.72. The molecule has 0 radical (unpaired) electrons. The van der Waals surface area contributed by atoms with Gasteiger partial charge in [-0.15, -0.1) is 0 Å². The molecule has 0 saturated carbocycles. The number of para-hydroxylation sites is 2. The van der Waals surface area contributed by atoms with Gasteiger partial charge >= 0.3 is 0 Å². The number of nitrogens with zero attached hydrogens (tertiary/aromatic N) is 3. The maximum Gasteiger partial charge on any atom is 0.113 e. The molecule has 88 valence electrons. The van der Waals surface area contributed by atoms with E-state index in [0.717, 1.165) is 29.7 Å². The lowest BCUT2D eigenvalue weighted by atomic mass is 10.0. The van der Waals surface area contributed by atoms with E-state index in [1.165, 1.54) is 0 Å². The van der Waals surface area contributed by atoms with Gasteiger partial charge in [-0.3, -0.25) is 0 Å². The van der Waals surface area contributed by atoms with Gasteiger partial charge in [0.1, 0.15) is 12.4 Å². The van der Waals surface area contributed by atoms with Crippen molar-refractivity contribution in [3.63, 3.8) is 0 Å². The van der Waals surface area contributed by atoms with Gasteiger partial charge in [0.25, 0.3) is 0 Å². The molecule has 0 spiro atoms. The van der Waals surface area contributed by atoms with Crippen LogP contribution in [0, 0.1) is 11.3 Å². The van der Waals surface area contributed by atoms with Gasteiger partial charge in [-0.2, -0.15) is 5.26 Å². The van der Waals surface area contributed by atoms with Crippen LogP contribution in [0.4, 0.5) is 0 Å². The summed E-state index contributed by atoms with van der Waals surface area (Å²) in [5, 5.41) is 8.95. The summed E-state index contributed by atoms with van der Waals surface area (Å²) in [5.74, 6) is 1.49. The summed E-state index contributed by atoms with van der Waals surface area (Å²) < 4.78 is 2.05. The van der Waals surface area contributed by atoms with Crippen molar-refractivity contribution in [1.82, 2.24) is 9.55 Å². The first kappa shape index (κ1) is 11.7. The minimum absolute atomic E-state index is 0.381. The molecular formula is C14H17N3. The third kappa shape index (κ3) is 2.03. The van der Waals surface area contributed by atoms with Crippen molar-refractivity contribution in [2.45, 2.75) is 39.2 Å². The Kier molecular flexibility index (Phi) is 3.43. The summed E-state index contributed by atoms with van der Waals surface area (Å²) in [6, 6.07) is 10.3. The third-order valence-corrected chi connectivity index (χ3v) is 3.26. The lowest BCUT2D eigenvalue weighted by Crippen LogP contribution is -2.07. The fourth-order valence-corrected chi connectivity index (χ4v) is 2.30. The van der Waals surface area contributed by atoms with Gasteiger partial charge in [0.15, 0.2) is 0 Å². The Morgan fingerprint density at radius 2 is 2.00 bits per heavy atom. The number of fused-ring (bicyclic) bond motifs is 1. The molecule has 0 aliphatic rings. The van der Waals surface area contributed by atoms with Gasteiger partial charge in [0.05, 0.1) is 17.1 Å². The molecule has 0 bridgehead atoms. The highest BCUT2D eigenvalue weighted by molar-refractivity contribution is 5.76. The molecule has 1 aromatic heterocycles. The number of imidazole rings is 1. The Bertz CT molecular complexity index is 544. The zero-order valence-corrected chi connectivity index (χ0v) is 10.3. The van der Waals surface area contributed by atoms with Crippen LogP contribution >= 0.6 is 0 Å². The maximum atomic E-state index is 8.95. The molecule has 0 unspecified atom stereocenters. The van der Waals surface area contributed by atoms with E-state index >= 15 is 0 Å². The first-order valence-corrected chi connectivity index (χ1v) is 6.13. The molecule has 3 heteroatoms. The van der Waals surface area contributed by atoms with Crippen molar-refractivity contribution in [2.24, 2.45) is 0 Å². The monoisotopic (exact) mass is 227 g/mol. The molecule has 0 aliphatic carbocycles. The second kappa shape index (κ2) is 5.01. The van der Waals surface area contributed by atoms with E-state index in [1.807, 2.05) is 28.8 Å². The largest absolute Gasteiger partial charge is 0.314 e. The normalized spacial score (nSPS) is 10.9. The predicted molar refractivity (Wildman–Crippen MR) is 68.7 cm³/mol. The van der Waals surface area contributed by atoms with E-state index in [-0.39, 0.29) is 0 Å². The van der Waals surface area contributed by atoms with E-state index < -0.39 is 0 Å². The van der Waals surface area contributed by atoms with Crippen LogP contribution in [-0.2, 0) is 6.54 Å². The second-order valence-corrected chi connectivity index (χ2v) is 4.22. The van der Waals surface area contributed by atoms with Crippen LogP contribution in [0.2, 0.25) is 0 Å². The zero-order chi connectivity index (χ0) is 12.3. The number of nitriles is 1. The lowest BCUT2D eigenvalue weighted by Gasteiger charge is -2.13. The van der Waals surface area contributed by atoms with Crippen LogP contribution < -0.4 is 0 Å². The van der Waals surface area contributed by atoms with Gasteiger partial charge in [-0.25, -0.2) is 4.98 Å². The van der Waals surface area contributed by atoms with E-state index in [2.05, 4.69) is 24.9 Å².